The third-order valence-electron chi connectivity index (χ3n) is 6.13. The molecular weight excluding hydrogens is 206 g/mol. The quantitative estimate of drug-likeness (QED) is 0.731. The summed E-state index contributed by atoms with van der Waals surface area (Å²) in [5.74, 6) is 4.35. The zero-order valence-corrected chi connectivity index (χ0v) is 12.4. The zero-order valence-electron chi connectivity index (χ0n) is 12.4. The van der Waals surface area contributed by atoms with Gasteiger partial charge in [-0.15, -0.1) is 0 Å². The molecule has 2 saturated carbocycles. The normalized spacial score (nSPS) is 51.4. The average Bonchev–Trinajstić information content (AvgIpc) is 2.56. The van der Waals surface area contributed by atoms with Gasteiger partial charge >= 0.3 is 0 Å². The molecule has 0 aliphatic heterocycles. The molecule has 17 heavy (non-hydrogen) atoms. The highest BCUT2D eigenvalue weighted by Crippen LogP contribution is 2.53. The Bertz CT molecular complexity index is 251. The van der Waals surface area contributed by atoms with Crippen molar-refractivity contribution in [1.82, 2.24) is 0 Å². The van der Waals surface area contributed by atoms with E-state index in [0.717, 1.165) is 29.6 Å². The van der Waals surface area contributed by atoms with Crippen LogP contribution >= 0.6 is 0 Å². The molecule has 0 amide bonds. The molecule has 0 aromatic rings. The lowest BCUT2D eigenvalue weighted by Crippen LogP contribution is -2.28. The second-order valence-electron chi connectivity index (χ2n) is 7.73. The maximum atomic E-state index is 6.20. The van der Waals surface area contributed by atoms with Gasteiger partial charge in [0.25, 0.3) is 0 Å². The first-order valence-corrected chi connectivity index (χ1v) is 7.59. The average molecular weight is 237 g/mol. The molecule has 2 rings (SSSR count). The minimum atomic E-state index is 0.485. The Morgan fingerprint density at radius 2 is 1.41 bits per heavy atom. The Morgan fingerprint density at radius 1 is 1.00 bits per heavy atom. The molecule has 0 saturated heterocycles. The van der Waals surface area contributed by atoms with E-state index in [0.29, 0.717) is 11.5 Å². The van der Waals surface area contributed by atoms with Crippen molar-refractivity contribution in [2.24, 2.45) is 40.7 Å². The van der Waals surface area contributed by atoms with E-state index < -0.39 is 0 Å². The van der Waals surface area contributed by atoms with Crippen LogP contribution < -0.4 is 5.73 Å². The predicted octanol–water partition coefficient (Wildman–Crippen LogP) is 4.07. The minimum Gasteiger partial charge on any atom is -0.328 e. The fraction of sp³-hybridized carbons (Fsp3) is 1.00. The summed E-state index contributed by atoms with van der Waals surface area (Å²) in [4.78, 5) is 0. The number of hydrogen-bond donors (Lipinski definition) is 1. The highest BCUT2D eigenvalue weighted by Gasteiger charge is 2.46. The van der Waals surface area contributed by atoms with Crippen LogP contribution in [-0.4, -0.2) is 6.04 Å². The number of rotatable bonds is 1. The molecule has 0 bridgehead atoms. The second-order valence-corrected chi connectivity index (χ2v) is 7.73. The largest absolute Gasteiger partial charge is 0.328 e. The van der Waals surface area contributed by atoms with E-state index in [-0.39, 0.29) is 0 Å². The van der Waals surface area contributed by atoms with Gasteiger partial charge in [0.2, 0.25) is 0 Å². The zero-order chi connectivity index (χ0) is 12.8. The fourth-order valence-corrected chi connectivity index (χ4v) is 4.78. The molecule has 4 atom stereocenters. The monoisotopic (exact) mass is 237 g/mol. The van der Waals surface area contributed by atoms with E-state index in [2.05, 4.69) is 34.6 Å². The van der Waals surface area contributed by atoms with Gasteiger partial charge in [0, 0.05) is 6.04 Å². The molecule has 0 aromatic carbocycles. The fourth-order valence-electron chi connectivity index (χ4n) is 4.78. The van der Waals surface area contributed by atoms with Gasteiger partial charge < -0.3 is 5.73 Å². The van der Waals surface area contributed by atoms with Crippen molar-refractivity contribution < 1.29 is 0 Å². The van der Waals surface area contributed by atoms with Crippen molar-refractivity contribution in [2.75, 3.05) is 0 Å². The van der Waals surface area contributed by atoms with Crippen LogP contribution in [0.25, 0.3) is 0 Å². The van der Waals surface area contributed by atoms with Crippen LogP contribution in [0.3, 0.4) is 0 Å². The van der Waals surface area contributed by atoms with E-state index in [9.17, 15) is 0 Å². The van der Waals surface area contributed by atoms with E-state index in [1.54, 1.807) is 0 Å². The topological polar surface area (TPSA) is 26.0 Å². The van der Waals surface area contributed by atoms with Crippen LogP contribution in [0.5, 0.6) is 0 Å². The summed E-state index contributed by atoms with van der Waals surface area (Å²) in [6.45, 7) is 12.3. The standard InChI is InChI=1S/C16H31N/c1-10(2)16(5)8-11(3)14-6-13(17)7-15(14)12(4)9-16/h10-15H,6-9,17H2,1-5H3. The molecule has 1 heteroatoms. The Kier molecular flexibility index (Phi) is 3.60. The van der Waals surface area contributed by atoms with Crippen LogP contribution in [0.2, 0.25) is 0 Å². The molecule has 0 radical (unpaired) electrons. The first-order chi connectivity index (χ1) is 7.83. The molecule has 1 nitrogen and oxygen atoms in total. The highest BCUT2D eigenvalue weighted by molar-refractivity contribution is 4.97. The third kappa shape index (κ3) is 2.41. The summed E-state index contributed by atoms with van der Waals surface area (Å²) < 4.78 is 0. The van der Waals surface area contributed by atoms with Crippen molar-refractivity contribution in [3.8, 4) is 0 Å². The van der Waals surface area contributed by atoms with E-state index >= 15 is 0 Å². The predicted molar refractivity (Wildman–Crippen MR) is 74.7 cm³/mol. The van der Waals surface area contributed by atoms with Crippen molar-refractivity contribution >= 4 is 0 Å². The highest BCUT2D eigenvalue weighted by atomic mass is 14.7. The van der Waals surface area contributed by atoms with Gasteiger partial charge in [-0.2, -0.15) is 0 Å². The van der Waals surface area contributed by atoms with E-state index in [4.69, 9.17) is 5.73 Å². The van der Waals surface area contributed by atoms with Gasteiger partial charge in [-0.25, -0.2) is 0 Å². The number of hydrogen-bond acceptors (Lipinski definition) is 1. The Balaban J connectivity index is 2.21. The Morgan fingerprint density at radius 3 is 1.76 bits per heavy atom. The molecule has 0 heterocycles. The Labute approximate surface area is 108 Å². The molecule has 0 spiro atoms. The first kappa shape index (κ1) is 13.4. The molecular formula is C16H31N. The van der Waals surface area contributed by atoms with E-state index in [1.165, 1.54) is 25.7 Å². The minimum absolute atomic E-state index is 0.485. The van der Waals surface area contributed by atoms with Gasteiger partial charge in [-0.1, -0.05) is 34.6 Å². The van der Waals surface area contributed by atoms with Gasteiger partial charge in [0.05, 0.1) is 0 Å². The lowest BCUT2D eigenvalue weighted by molar-refractivity contribution is 0.139. The summed E-state index contributed by atoms with van der Waals surface area (Å²) in [5.41, 5.74) is 6.75. The Hall–Kier alpha value is -0.0400. The van der Waals surface area contributed by atoms with Gasteiger partial charge in [0.1, 0.15) is 0 Å². The molecule has 2 fully saturated rings. The maximum absolute atomic E-state index is 6.20. The molecule has 0 aromatic heterocycles. The molecule has 2 aliphatic carbocycles. The molecule has 2 N–H and O–H groups in total. The van der Waals surface area contributed by atoms with Crippen LogP contribution in [-0.2, 0) is 0 Å². The van der Waals surface area contributed by atoms with Crippen LogP contribution in [0.1, 0.15) is 60.3 Å². The van der Waals surface area contributed by atoms with Crippen molar-refractivity contribution in [3.05, 3.63) is 0 Å². The molecule has 100 valence electrons. The maximum Gasteiger partial charge on any atom is 0.00445 e. The number of fused-ring (bicyclic) bond motifs is 1. The van der Waals surface area contributed by atoms with Gasteiger partial charge in [-0.05, 0) is 60.7 Å². The summed E-state index contributed by atoms with van der Waals surface area (Å²) >= 11 is 0. The van der Waals surface area contributed by atoms with Crippen molar-refractivity contribution in [1.29, 1.82) is 0 Å². The smallest absolute Gasteiger partial charge is 0.00445 e. The first-order valence-electron chi connectivity index (χ1n) is 7.59. The van der Waals surface area contributed by atoms with Crippen LogP contribution in [0.4, 0.5) is 0 Å². The third-order valence-corrected chi connectivity index (χ3v) is 6.13. The van der Waals surface area contributed by atoms with Crippen molar-refractivity contribution in [2.45, 2.75) is 66.3 Å². The summed E-state index contributed by atoms with van der Waals surface area (Å²) in [6.07, 6.45) is 5.38. The summed E-state index contributed by atoms with van der Waals surface area (Å²) in [6, 6.07) is 0.485. The summed E-state index contributed by atoms with van der Waals surface area (Å²) in [7, 11) is 0. The SMILES string of the molecule is CC1CC(C)(C(C)C)CC(C)C2CC(N)CC12. The van der Waals surface area contributed by atoms with Crippen LogP contribution in [0.15, 0.2) is 0 Å². The van der Waals surface area contributed by atoms with Crippen molar-refractivity contribution in [3.63, 3.8) is 0 Å². The second kappa shape index (κ2) is 4.57. The van der Waals surface area contributed by atoms with Crippen LogP contribution in [0, 0.1) is 35.0 Å². The molecule has 2 aliphatic rings. The van der Waals surface area contributed by atoms with E-state index in [1.807, 2.05) is 0 Å². The van der Waals surface area contributed by atoms with Gasteiger partial charge in [0.15, 0.2) is 0 Å². The van der Waals surface area contributed by atoms with Gasteiger partial charge in [-0.3, -0.25) is 0 Å². The summed E-state index contributed by atoms with van der Waals surface area (Å²) in [5, 5.41) is 0. The lowest BCUT2D eigenvalue weighted by atomic mass is 9.69. The number of nitrogens with two attached hydrogens (primary N) is 1. The molecule has 4 unspecified atom stereocenters. The lowest BCUT2D eigenvalue weighted by Gasteiger charge is -2.36.